The molecule has 0 aliphatic heterocycles. The molecule has 0 heterocycles. The van der Waals surface area contributed by atoms with E-state index in [1.807, 2.05) is 40.8 Å². The normalized spacial score (nSPS) is 11.4. The summed E-state index contributed by atoms with van der Waals surface area (Å²) in [5.41, 5.74) is 0.0818. The number of alkyl halides is 3. The molecule has 2 aromatic carbocycles. The quantitative estimate of drug-likeness (QED) is 0.692. The van der Waals surface area contributed by atoms with Crippen LogP contribution in [-0.2, 0) is 12.8 Å². The lowest BCUT2D eigenvalue weighted by molar-refractivity contribution is -0.139. The number of hydrogen-bond acceptors (Lipinski definition) is 1. The van der Waals surface area contributed by atoms with E-state index in [4.69, 9.17) is 4.74 Å². The van der Waals surface area contributed by atoms with Gasteiger partial charge in [0.25, 0.3) is 0 Å². The van der Waals surface area contributed by atoms with Crippen LogP contribution >= 0.6 is 22.6 Å². The molecule has 0 atom stereocenters. The summed E-state index contributed by atoms with van der Waals surface area (Å²) in [4.78, 5) is 0. The highest BCUT2D eigenvalue weighted by Gasteiger charge is 2.34. The second kappa shape index (κ2) is 5.81. The molecule has 0 aromatic heterocycles. The van der Waals surface area contributed by atoms with Crippen molar-refractivity contribution in [3.05, 3.63) is 63.2 Å². The fourth-order valence-corrected chi connectivity index (χ4v) is 2.05. The Kier molecular flexibility index (Phi) is 4.34. The number of benzene rings is 2. The van der Waals surface area contributed by atoms with Gasteiger partial charge in [-0.3, -0.25) is 0 Å². The molecule has 5 heteroatoms. The van der Waals surface area contributed by atoms with Crippen molar-refractivity contribution in [2.45, 2.75) is 12.8 Å². The zero-order valence-electron chi connectivity index (χ0n) is 9.75. The summed E-state index contributed by atoms with van der Waals surface area (Å²) >= 11 is 1.96. The largest absolute Gasteiger partial charge is 0.488 e. The molecule has 0 N–H and O–H groups in total. The Labute approximate surface area is 122 Å². The maximum atomic E-state index is 12.8. The first-order valence-corrected chi connectivity index (χ1v) is 6.58. The highest BCUT2D eigenvalue weighted by molar-refractivity contribution is 14.1. The van der Waals surface area contributed by atoms with E-state index in [1.54, 1.807) is 12.1 Å². The number of ether oxygens (including phenoxy) is 1. The summed E-state index contributed by atoms with van der Waals surface area (Å²) in [5, 5.41) is 0. The van der Waals surface area contributed by atoms with Crippen LogP contribution in [0.4, 0.5) is 13.2 Å². The molecule has 2 rings (SSSR count). The predicted octanol–water partition coefficient (Wildman–Crippen LogP) is 4.89. The molecule has 0 saturated heterocycles. The highest BCUT2D eigenvalue weighted by atomic mass is 127. The third kappa shape index (κ3) is 3.86. The molecule has 0 bridgehead atoms. The molecule has 2 aromatic rings. The standard InChI is InChI=1S/C14H10F3IO/c15-14(16,17)12-7-6-11(18)8-13(12)19-9-10-4-2-1-3-5-10/h1-8H,9H2. The van der Waals surface area contributed by atoms with Gasteiger partial charge in [0.15, 0.2) is 0 Å². The lowest BCUT2D eigenvalue weighted by Gasteiger charge is -2.14. The zero-order valence-corrected chi connectivity index (χ0v) is 11.9. The number of halogens is 4. The van der Waals surface area contributed by atoms with Crippen LogP contribution in [-0.4, -0.2) is 0 Å². The summed E-state index contributed by atoms with van der Waals surface area (Å²) in [6.07, 6.45) is -4.41. The van der Waals surface area contributed by atoms with Crippen LogP contribution < -0.4 is 4.74 Å². The summed E-state index contributed by atoms with van der Waals surface area (Å²) in [6.45, 7) is 0.115. The van der Waals surface area contributed by atoms with Crippen LogP contribution in [0.2, 0.25) is 0 Å². The molecular weight excluding hydrogens is 368 g/mol. The lowest BCUT2D eigenvalue weighted by Crippen LogP contribution is -2.09. The maximum Gasteiger partial charge on any atom is 0.419 e. The Balaban J connectivity index is 2.22. The Bertz CT molecular complexity index is 552. The number of hydrogen-bond donors (Lipinski definition) is 0. The number of rotatable bonds is 3. The Morgan fingerprint density at radius 3 is 2.32 bits per heavy atom. The molecule has 0 radical (unpaired) electrons. The summed E-state index contributed by atoms with van der Waals surface area (Å²) in [6, 6.07) is 12.9. The fraction of sp³-hybridized carbons (Fsp3) is 0.143. The van der Waals surface area contributed by atoms with Crippen molar-refractivity contribution in [1.29, 1.82) is 0 Å². The van der Waals surface area contributed by atoms with Crippen molar-refractivity contribution in [1.82, 2.24) is 0 Å². The molecule has 0 aliphatic carbocycles. The monoisotopic (exact) mass is 378 g/mol. The van der Waals surface area contributed by atoms with Gasteiger partial charge in [-0.2, -0.15) is 13.2 Å². The van der Waals surface area contributed by atoms with Crippen molar-refractivity contribution in [3.63, 3.8) is 0 Å². The molecule has 100 valence electrons. The Morgan fingerprint density at radius 2 is 1.68 bits per heavy atom. The van der Waals surface area contributed by atoms with E-state index in [0.717, 1.165) is 11.6 Å². The topological polar surface area (TPSA) is 9.23 Å². The van der Waals surface area contributed by atoms with E-state index in [-0.39, 0.29) is 12.4 Å². The van der Waals surface area contributed by atoms with Gasteiger partial charge >= 0.3 is 6.18 Å². The average Bonchev–Trinajstić information content (AvgIpc) is 2.36. The smallest absolute Gasteiger partial charge is 0.419 e. The van der Waals surface area contributed by atoms with Gasteiger partial charge in [0.1, 0.15) is 12.4 Å². The van der Waals surface area contributed by atoms with Crippen molar-refractivity contribution in [2.75, 3.05) is 0 Å². The summed E-state index contributed by atoms with van der Waals surface area (Å²) in [5.74, 6) is -0.136. The van der Waals surface area contributed by atoms with Gasteiger partial charge in [0.05, 0.1) is 5.56 Å². The molecule has 0 aliphatic rings. The van der Waals surface area contributed by atoms with Gasteiger partial charge in [-0.15, -0.1) is 0 Å². The fourth-order valence-electron chi connectivity index (χ4n) is 1.59. The average molecular weight is 378 g/mol. The van der Waals surface area contributed by atoms with Crippen LogP contribution in [0.5, 0.6) is 5.75 Å². The molecule has 0 fully saturated rings. The SMILES string of the molecule is FC(F)(F)c1ccc(I)cc1OCc1ccccc1. The van der Waals surface area contributed by atoms with Crippen LogP contribution in [0.25, 0.3) is 0 Å². The third-order valence-corrected chi connectivity index (χ3v) is 3.16. The van der Waals surface area contributed by atoms with Gasteiger partial charge in [0, 0.05) is 3.57 Å². The highest BCUT2D eigenvalue weighted by Crippen LogP contribution is 2.37. The first-order valence-electron chi connectivity index (χ1n) is 5.50. The minimum Gasteiger partial charge on any atom is -0.488 e. The first-order chi connectivity index (χ1) is 8.97. The van der Waals surface area contributed by atoms with E-state index in [2.05, 4.69) is 0 Å². The van der Waals surface area contributed by atoms with Gasteiger partial charge in [-0.1, -0.05) is 30.3 Å². The second-order valence-corrected chi connectivity index (χ2v) is 5.16. The maximum absolute atomic E-state index is 12.8. The summed E-state index contributed by atoms with van der Waals surface area (Å²) in [7, 11) is 0. The molecule has 0 amide bonds. The van der Waals surface area contributed by atoms with Crippen LogP contribution in [0, 0.1) is 3.57 Å². The van der Waals surface area contributed by atoms with E-state index in [1.165, 1.54) is 12.1 Å². The molecule has 1 nitrogen and oxygen atoms in total. The minimum atomic E-state index is -4.41. The van der Waals surface area contributed by atoms with E-state index in [0.29, 0.717) is 3.57 Å². The lowest BCUT2D eigenvalue weighted by atomic mass is 10.2. The van der Waals surface area contributed by atoms with Crippen LogP contribution in [0.15, 0.2) is 48.5 Å². The molecule has 0 unspecified atom stereocenters. The first kappa shape index (κ1) is 14.2. The van der Waals surface area contributed by atoms with Crippen molar-refractivity contribution in [3.8, 4) is 5.75 Å². The van der Waals surface area contributed by atoms with E-state index >= 15 is 0 Å². The molecule has 0 saturated carbocycles. The Hall–Kier alpha value is -1.24. The van der Waals surface area contributed by atoms with Gasteiger partial charge in [0.2, 0.25) is 0 Å². The van der Waals surface area contributed by atoms with Gasteiger partial charge in [-0.25, -0.2) is 0 Å². The van der Waals surface area contributed by atoms with E-state index in [9.17, 15) is 13.2 Å². The third-order valence-electron chi connectivity index (χ3n) is 2.49. The molecule has 19 heavy (non-hydrogen) atoms. The zero-order chi connectivity index (χ0) is 13.9. The van der Waals surface area contributed by atoms with Gasteiger partial charge < -0.3 is 4.74 Å². The van der Waals surface area contributed by atoms with Crippen molar-refractivity contribution < 1.29 is 17.9 Å². The van der Waals surface area contributed by atoms with Crippen molar-refractivity contribution >= 4 is 22.6 Å². The van der Waals surface area contributed by atoms with E-state index < -0.39 is 11.7 Å². The summed E-state index contributed by atoms with van der Waals surface area (Å²) < 4.78 is 44.5. The van der Waals surface area contributed by atoms with Gasteiger partial charge in [-0.05, 0) is 46.4 Å². The minimum absolute atomic E-state index is 0.115. The van der Waals surface area contributed by atoms with Crippen molar-refractivity contribution in [2.24, 2.45) is 0 Å². The second-order valence-electron chi connectivity index (χ2n) is 3.91. The molecular formula is C14H10F3IO. The van der Waals surface area contributed by atoms with Crippen LogP contribution in [0.1, 0.15) is 11.1 Å². The molecule has 0 spiro atoms. The Morgan fingerprint density at radius 1 is 1.00 bits per heavy atom. The van der Waals surface area contributed by atoms with Crippen LogP contribution in [0.3, 0.4) is 0 Å². The predicted molar refractivity (Wildman–Crippen MR) is 74.9 cm³/mol.